The van der Waals surface area contributed by atoms with Gasteiger partial charge in [-0.2, -0.15) is 10.2 Å². The summed E-state index contributed by atoms with van der Waals surface area (Å²) in [5.41, 5.74) is 8.50. The lowest BCUT2D eigenvalue weighted by Gasteiger charge is -2.23. The number of benzene rings is 1. The summed E-state index contributed by atoms with van der Waals surface area (Å²) >= 11 is 0. The van der Waals surface area contributed by atoms with Crippen molar-refractivity contribution in [1.82, 2.24) is 0 Å². The largest absolute Gasteiger partial charge is 0.497 e. The molecular formula is C15H19N3O. The maximum absolute atomic E-state index is 6.10. The van der Waals surface area contributed by atoms with Gasteiger partial charge in [-0.1, -0.05) is 6.08 Å². The first-order valence-corrected chi connectivity index (χ1v) is 6.25. The molecule has 2 rings (SSSR count). The molecule has 0 radical (unpaired) electrons. The molecule has 1 atom stereocenters. The molecule has 0 aliphatic heterocycles. The van der Waals surface area contributed by atoms with Crippen molar-refractivity contribution in [3.63, 3.8) is 0 Å². The second-order valence-corrected chi connectivity index (χ2v) is 5.02. The first-order valence-electron chi connectivity index (χ1n) is 6.25. The van der Waals surface area contributed by atoms with E-state index in [9.17, 15) is 0 Å². The zero-order chi connectivity index (χ0) is 13.9. The van der Waals surface area contributed by atoms with Crippen LogP contribution in [-0.4, -0.2) is 12.6 Å². The molecule has 1 aromatic carbocycles. The van der Waals surface area contributed by atoms with Crippen molar-refractivity contribution in [2.24, 2.45) is 16.0 Å². The van der Waals surface area contributed by atoms with Crippen LogP contribution in [-0.2, 0) is 0 Å². The van der Waals surface area contributed by atoms with Crippen LogP contribution in [0.4, 0.5) is 5.69 Å². The Morgan fingerprint density at radius 2 is 1.89 bits per heavy atom. The number of ether oxygens (including phenoxy) is 1. The van der Waals surface area contributed by atoms with Crippen LogP contribution in [0.5, 0.6) is 5.75 Å². The van der Waals surface area contributed by atoms with Gasteiger partial charge in [0.15, 0.2) is 0 Å². The maximum Gasteiger partial charge on any atom is 0.119 e. The summed E-state index contributed by atoms with van der Waals surface area (Å²) in [4.78, 5) is 0. The third-order valence-electron chi connectivity index (χ3n) is 3.06. The lowest BCUT2D eigenvalue weighted by Crippen LogP contribution is -2.34. The van der Waals surface area contributed by atoms with Gasteiger partial charge in [0.05, 0.1) is 18.5 Å². The molecule has 1 aromatic rings. The van der Waals surface area contributed by atoms with Crippen LogP contribution in [0.15, 0.2) is 57.9 Å². The Morgan fingerprint density at radius 3 is 2.53 bits per heavy atom. The van der Waals surface area contributed by atoms with Crippen LogP contribution < -0.4 is 10.5 Å². The normalized spacial score (nSPS) is 23.2. The quantitative estimate of drug-likeness (QED) is 0.839. The molecule has 0 saturated carbocycles. The summed E-state index contributed by atoms with van der Waals surface area (Å²) in [5.74, 6) is 0.807. The number of azo groups is 1. The lowest BCUT2D eigenvalue weighted by atomic mass is 9.90. The highest BCUT2D eigenvalue weighted by molar-refractivity contribution is 5.42. The van der Waals surface area contributed by atoms with Gasteiger partial charge in [-0.05, 0) is 56.2 Å². The molecule has 1 aliphatic rings. The van der Waals surface area contributed by atoms with Crippen molar-refractivity contribution in [3.8, 4) is 5.75 Å². The molecule has 4 nitrogen and oxygen atoms in total. The fraction of sp³-hybridized carbons (Fsp3) is 0.333. The molecule has 1 aliphatic carbocycles. The number of hydrogen-bond acceptors (Lipinski definition) is 4. The van der Waals surface area contributed by atoms with E-state index in [1.54, 1.807) is 7.11 Å². The first kappa shape index (κ1) is 13.5. The van der Waals surface area contributed by atoms with Crippen molar-refractivity contribution < 1.29 is 4.74 Å². The third-order valence-corrected chi connectivity index (χ3v) is 3.06. The smallest absolute Gasteiger partial charge is 0.119 e. The minimum atomic E-state index is -0.340. The van der Waals surface area contributed by atoms with Crippen LogP contribution in [0.1, 0.15) is 20.3 Å². The van der Waals surface area contributed by atoms with Gasteiger partial charge in [-0.25, -0.2) is 0 Å². The highest BCUT2D eigenvalue weighted by Crippen LogP contribution is 2.26. The van der Waals surface area contributed by atoms with Crippen LogP contribution in [0.3, 0.4) is 0 Å². The van der Waals surface area contributed by atoms with E-state index < -0.39 is 0 Å². The minimum Gasteiger partial charge on any atom is -0.497 e. The molecule has 0 heterocycles. The summed E-state index contributed by atoms with van der Waals surface area (Å²) in [6, 6.07) is 7.46. The van der Waals surface area contributed by atoms with Crippen LogP contribution in [0.2, 0.25) is 0 Å². The van der Waals surface area contributed by atoms with Crippen molar-refractivity contribution >= 4 is 5.69 Å². The van der Waals surface area contributed by atoms with Crippen LogP contribution >= 0.6 is 0 Å². The fourth-order valence-electron chi connectivity index (χ4n) is 1.83. The number of nitrogens with two attached hydrogens (primary N) is 1. The minimum absolute atomic E-state index is 0.340. The Hall–Kier alpha value is -1.94. The average molecular weight is 257 g/mol. The molecule has 1 unspecified atom stereocenters. The number of rotatable bonds is 3. The predicted molar refractivity (Wildman–Crippen MR) is 76.6 cm³/mol. The van der Waals surface area contributed by atoms with E-state index in [1.807, 2.05) is 44.2 Å². The highest BCUT2D eigenvalue weighted by Gasteiger charge is 2.20. The lowest BCUT2D eigenvalue weighted by molar-refractivity contribution is 0.415. The Kier molecular flexibility index (Phi) is 3.81. The van der Waals surface area contributed by atoms with Crippen LogP contribution in [0, 0.1) is 0 Å². The maximum atomic E-state index is 6.10. The van der Waals surface area contributed by atoms with E-state index in [2.05, 4.69) is 16.3 Å². The number of hydrogen-bond donors (Lipinski definition) is 1. The molecule has 19 heavy (non-hydrogen) atoms. The zero-order valence-corrected chi connectivity index (χ0v) is 11.6. The topological polar surface area (TPSA) is 60.0 Å². The molecule has 0 fully saturated rings. The van der Waals surface area contributed by atoms with E-state index in [-0.39, 0.29) is 5.54 Å². The summed E-state index contributed by atoms with van der Waals surface area (Å²) in [7, 11) is 1.64. The van der Waals surface area contributed by atoms with Gasteiger partial charge in [-0.15, -0.1) is 0 Å². The van der Waals surface area contributed by atoms with Crippen molar-refractivity contribution in [1.29, 1.82) is 0 Å². The second kappa shape index (κ2) is 5.36. The Bertz CT molecular complexity index is 539. The summed E-state index contributed by atoms with van der Waals surface area (Å²) < 4.78 is 5.10. The Balaban J connectivity index is 2.17. The third kappa shape index (κ3) is 3.51. The number of allylic oxidation sites excluding steroid dienone is 1. The summed E-state index contributed by atoms with van der Waals surface area (Å²) in [6.07, 6.45) is 4.90. The molecule has 2 N–H and O–H groups in total. The standard InChI is InChI=1S/C15H19N3O/c1-11-8-9-15(2,16)10-14(11)18-17-12-4-6-13(19-3)7-5-12/h4-8,10H,9,16H2,1-3H3. The van der Waals surface area contributed by atoms with Gasteiger partial charge < -0.3 is 10.5 Å². The second-order valence-electron chi connectivity index (χ2n) is 5.02. The van der Waals surface area contributed by atoms with Gasteiger partial charge in [0.2, 0.25) is 0 Å². The molecule has 0 amide bonds. The van der Waals surface area contributed by atoms with E-state index >= 15 is 0 Å². The molecule has 4 heteroatoms. The molecule has 0 aromatic heterocycles. The average Bonchev–Trinajstić information content (AvgIpc) is 2.40. The zero-order valence-electron chi connectivity index (χ0n) is 11.6. The molecule has 0 bridgehead atoms. The van der Waals surface area contributed by atoms with Crippen molar-refractivity contribution in [2.45, 2.75) is 25.8 Å². The molecule has 100 valence electrons. The molecular weight excluding hydrogens is 238 g/mol. The number of methoxy groups -OCH3 is 1. The van der Waals surface area contributed by atoms with Crippen molar-refractivity contribution in [2.75, 3.05) is 7.11 Å². The van der Waals surface area contributed by atoms with Gasteiger partial charge >= 0.3 is 0 Å². The van der Waals surface area contributed by atoms with E-state index in [0.29, 0.717) is 0 Å². The van der Waals surface area contributed by atoms with E-state index in [4.69, 9.17) is 10.5 Å². The summed E-state index contributed by atoms with van der Waals surface area (Å²) in [6.45, 7) is 4.01. The predicted octanol–water partition coefficient (Wildman–Crippen LogP) is 3.73. The van der Waals surface area contributed by atoms with Gasteiger partial charge in [0.25, 0.3) is 0 Å². The fourth-order valence-corrected chi connectivity index (χ4v) is 1.83. The van der Waals surface area contributed by atoms with Crippen molar-refractivity contribution in [3.05, 3.63) is 47.7 Å². The summed E-state index contributed by atoms with van der Waals surface area (Å²) in [5, 5.41) is 8.51. The van der Waals surface area contributed by atoms with Gasteiger partial charge in [-0.3, -0.25) is 0 Å². The first-order chi connectivity index (χ1) is 9.00. The highest BCUT2D eigenvalue weighted by atomic mass is 16.5. The monoisotopic (exact) mass is 257 g/mol. The molecule has 0 spiro atoms. The number of nitrogens with zero attached hydrogens (tertiary/aromatic N) is 2. The van der Waals surface area contributed by atoms with Gasteiger partial charge in [0.1, 0.15) is 5.75 Å². The Morgan fingerprint density at radius 1 is 1.21 bits per heavy atom. The van der Waals surface area contributed by atoms with Gasteiger partial charge in [0, 0.05) is 5.54 Å². The molecule has 0 saturated heterocycles. The van der Waals surface area contributed by atoms with Crippen LogP contribution in [0.25, 0.3) is 0 Å². The Labute approximate surface area is 113 Å². The van der Waals surface area contributed by atoms with E-state index in [0.717, 1.165) is 29.1 Å². The van der Waals surface area contributed by atoms with E-state index in [1.165, 1.54) is 0 Å². The SMILES string of the molecule is COc1ccc(N=NC2=CC(C)(N)CC=C2C)cc1.